The van der Waals surface area contributed by atoms with Gasteiger partial charge in [-0.05, 0) is 66.6 Å². The summed E-state index contributed by atoms with van der Waals surface area (Å²) in [5, 5.41) is 6.52. The number of benzene rings is 2. The zero-order valence-electron chi connectivity index (χ0n) is 16.5. The highest BCUT2D eigenvalue weighted by atomic mass is 32.2. The van der Waals surface area contributed by atoms with Crippen molar-refractivity contribution in [2.45, 2.75) is 37.1 Å². The van der Waals surface area contributed by atoms with E-state index in [2.05, 4.69) is 20.6 Å². The Morgan fingerprint density at radius 2 is 1.83 bits per heavy atom. The molecule has 0 saturated heterocycles. The maximum atomic E-state index is 12.4. The molecule has 1 heterocycles. The van der Waals surface area contributed by atoms with Gasteiger partial charge in [-0.2, -0.15) is 0 Å². The van der Waals surface area contributed by atoms with Gasteiger partial charge in [0.15, 0.2) is 5.16 Å². The third-order valence-corrected chi connectivity index (χ3v) is 5.10. The molecular formula is C22H24N4O2S. The summed E-state index contributed by atoms with van der Waals surface area (Å²) in [6, 6.07) is 15.3. The van der Waals surface area contributed by atoms with Gasteiger partial charge in [0.1, 0.15) is 0 Å². The number of ether oxygens (including phenoxy) is 1. The third kappa shape index (κ3) is 6.30. The Hall–Kier alpha value is -2.90. The summed E-state index contributed by atoms with van der Waals surface area (Å²) in [6.45, 7) is 5.56. The van der Waals surface area contributed by atoms with Crippen molar-refractivity contribution in [3.63, 3.8) is 0 Å². The van der Waals surface area contributed by atoms with E-state index in [9.17, 15) is 4.79 Å². The molecule has 0 unspecified atom stereocenters. The first-order valence-electron chi connectivity index (χ1n) is 9.40. The number of hydrogen-bond acceptors (Lipinski definition) is 5. The van der Waals surface area contributed by atoms with Crippen molar-refractivity contribution in [1.82, 2.24) is 15.3 Å². The molecule has 0 fully saturated rings. The van der Waals surface area contributed by atoms with Crippen LogP contribution in [-0.4, -0.2) is 22.6 Å². The predicted octanol–water partition coefficient (Wildman–Crippen LogP) is 4.79. The molecule has 3 aromatic rings. The first-order valence-corrected chi connectivity index (χ1v) is 10.2. The molecule has 3 rings (SSSR count). The summed E-state index contributed by atoms with van der Waals surface area (Å²) in [7, 11) is 0. The molecule has 0 atom stereocenters. The van der Waals surface area contributed by atoms with Crippen LogP contribution < -0.4 is 10.6 Å². The molecule has 0 aliphatic carbocycles. The highest BCUT2D eigenvalue weighted by molar-refractivity contribution is 7.99. The number of amides is 2. The highest BCUT2D eigenvalue weighted by Gasteiger charge is 2.08. The maximum absolute atomic E-state index is 12.4. The molecule has 6 nitrogen and oxygen atoms in total. The fourth-order valence-electron chi connectivity index (χ4n) is 2.71. The predicted molar refractivity (Wildman–Crippen MR) is 115 cm³/mol. The second-order valence-electron chi connectivity index (χ2n) is 6.32. The molecule has 1 aromatic heterocycles. The number of nitrogens with zero attached hydrogens (tertiary/aromatic N) is 2. The second kappa shape index (κ2) is 10.6. The molecule has 0 aliphatic rings. The number of carbonyl (C=O) groups is 1. The van der Waals surface area contributed by atoms with E-state index < -0.39 is 0 Å². The van der Waals surface area contributed by atoms with Crippen LogP contribution in [0.25, 0.3) is 0 Å². The SMILES string of the molecule is CCOCc1ccccc1CNC(=O)Nc1ccc(Sc2ncccn2)cc1C. The number of rotatable bonds is 8. The van der Waals surface area contributed by atoms with Gasteiger partial charge in [-0.1, -0.05) is 24.3 Å². The van der Waals surface area contributed by atoms with Crippen molar-refractivity contribution in [1.29, 1.82) is 0 Å². The van der Waals surface area contributed by atoms with Crippen LogP contribution in [0, 0.1) is 6.92 Å². The summed E-state index contributed by atoms with van der Waals surface area (Å²) >= 11 is 1.48. The van der Waals surface area contributed by atoms with Crippen LogP contribution in [0.2, 0.25) is 0 Å². The fourth-order valence-corrected chi connectivity index (χ4v) is 3.52. The van der Waals surface area contributed by atoms with Crippen LogP contribution in [0.4, 0.5) is 10.5 Å². The molecule has 7 heteroatoms. The van der Waals surface area contributed by atoms with Gasteiger partial charge in [0, 0.05) is 36.1 Å². The van der Waals surface area contributed by atoms with E-state index in [1.807, 2.05) is 56.3 Å². The number of carbonyl (C=O) groups excluding carboxylic acids is 1. The van der Waals surface area contributed by atoms with Crippen molar-refractivity contribution in [2.24, 2.45) is 0 Å². The van der Waals surface area contributed by atoms with Gasteiger partial charge in [-0.15, -0.1) is 0 Å². The van der Waals surface area contributed by atoms with Crippen LogP contribution in [0.15, 0.2) is 71.0 Å². The number of hydrogen-bond donors (Lipinski definition) is 2. The van der Waals surface area contributed by atoms with E-state index in [1.165, 1.54) is 11.8 Å². The summed E-state index contributed by atoms with van der Waals surface area (Å²) in [6.07, 6.45) is 3.43. The number of aromatic nitrogens is 2. The van der Waals surface area contributed by atoms with Crippen LogP contribution in [0.5, 0.6) is 0 Å². The quantitative estimate of drug-likeness (QED) is 0.524. The Bertz CT molecular complexity index is 951. The van der Waals surface area contributed by atoms with Gasteiger partial charge in [0.2, 0.25) is 0 Å². The smallest absolute Gasteiger partial charge is 0.319 e. The minimum atomic E-state index is -0.244. The Labute approximate surface area is 175 Å². The number of nitrogens with one attached hydrogen (secondary N) is 2. The molecule has 0 spiro atoms. The highest BCUT2D eigenvalue weighted by Crippen LogP contribution is 2.27. The molecule has 0 bridgehead atoms. The molecule has 150 valence electrons. The summed E-state index contributed by atoms with van der Waals surface area (Å²) in [4.78, 5) is 21.8. The molecular weight excluding hydrogens is 384 g/mol. The first kappa shape index (κ1) is 20.8. The van der Waals surface area contributed by atoms with Crippen LogP contribution in [0.3, 0.4) is 0 Å². The zero-order valence-corrected chi connectivity index (χ0v) is 17.3. The average molecular weight is 409 g/mol. The standard InChI is InChI=1S/C22H24N4O2S/c1-3-28-15-18-8-5-4-7-17(18)14-25-21(27)26-20-10-9-19(13-16(20)2)29-22-23-11-6-12-24-22/h4-13H,3,14-15H2,1-2H3,(H2,25,26,27). The van der Waals surface area contributed by atoms with Gasteiger partial charge in [0.05, 0.1) is 6.61 Å². The largest absolute Gasteiger partial charge is 0.377 e. The summed E-state index contributed by atoms with van der Waals surface area (Å²) < 4.78 is 5.49. The van der Waals surface area contributed by atoms with Crippen molar-refractivity contribution in [3.8, 4) is 0 Å². The lowest BCUT2D eigenvalue weighted by molar-refractivity contribution is 0.133. The fraction of sp³-hybridized carbons (Fsp3) is 0.227. The molecule has 0 aliphatic heterocycles. The van der Waals surface area contributed by atoms with E-state index in [-0.39, 0.29) is 6.03 Å². The van der Waals surface area contributed by atoms with Crippen molar-refractivity contribution in [2.75, 3.05) is 11.9 Å². The minimum absolute atomic E-state index is 0.244. The number of anilines is 1. The van der Waals surface area contributed by atoms with Gasteiger partial charge < -0.3 is 15.4 Å². The van der Waals surface area contributed by atoms with Gasteiger partial charge >= 0.3 is 6.03 Å². The Morgan fingerprint density at radius 3 is 2.55 bits per heavy atom. The molecule has 2 aromatic carbocycles. The molecule has 0 radical (unpaired) electrons. The first-order chi connectivity index (χ1) is 14.2. The maximum Gasteiger partial charge on any atom is 0.319 e. The molecule has 29 heavy (non-hydrogen) atoms. The van der Waals surface area contributed by atoms with E-state index in [4.69, 9.17) is 4.74 Å². The topological polar surface area (TPSA) is 76.1 Å². The van der Waals surface area contributed by atoms with Gasteiger partial charge in [-0.3, -0.25) is 0 Å². The van der Waals surface area contributed by atoms with Crippen LogP contribution >= 0.6 is 11.8 Å². The van der Waals surface area contributed by atoms with Crippen LogP contribution in [-0.2, 0) is 17.9 Å². The van der Waals surface area contributed by atoms with E-state index in [1.54, 1.807) is 18.5 Å². The average Bonchev–Trinajstić information content (AvgIpc) is 2.74. The van der Waals surface area contributed by atoms with Crippen LogP contribution in [0.1, 0.15) is 23.6 Å². The van der Waals surface area contributed by atoms with E-state index in [0.29, 0.717) is 24.9 Å². The number of urea groups is 1. The van der Waals surface area contributed by atoms with Crippen molar-refractivity contribution in [3.05, 3.63) is 77.6 Å². The lowest BCUT2D eigenvalue weighted by Crippen LogP contribution is -2.28. The Balaban J connectivity index is 1.57. The summed E-state index contributed by atoms with van der Waals surface area (Å²) in [5.41, 5.74) is 3.86. The van der Waals surface area contributed by atoms with Crippen molar-refractivity contribution < 1.29 is 9.53 Å². The molecule has 2 N–H and O–H groups in total. The molecule has 2 amide bonds. The monoisotopic (exact) mass is 408 g/mol. The Kier molecular flexibility index (Phi) is 7.61. The van der Waals surface area contributed by atoms with Gasteiger partial charge in [0.25, 0.3) is 0 Å². The zero-order chi connectivity index (χ0) is 20.5. The van der Waals surface area contributed by atoms with E-state index >= 15 is 0 Å². The lowest BCUT2D eigenvalue weighted by atomic mass is 10.1. The van der Waals surface area contributed by atoms with Gasteiger partial charge in [-0.25, -0.2) is 14.8 Å². The van der Waals surface area contributed by atoms with Crippen molar-refractivity contribution >= 4 is 23.5 Å². The summed E-state index contributed by atoms with van der Waals surface area (Å²) in [5.74, 6) is 0. The third-order valence-electron chi connectivity index (χ3n) is 4.22. The lowest BCUT2D eigenvalue weighted by Gasteiger charge is -2.13. The van der Waals surface area contributed by atoms with E-state index in [0.717, 1.165) is 27.3 Å². The number of aryl methyl sites for hydroxylation is 1. The minimum Gasteiger partial charge on any atom is -0.377 e. The second-order valence-corrected chi connectivity index (χ2v) is 7.36. The normalized spacial score (nSPS) is 10.6. The molecule has 0 saturated carbocycles. The Morgan fingerprint density at radius 1 is 1.07 bits per heavy atom.